The summed E-state index contributed by atoms with van der Waals surface area (Å²) in [6, 6.07) is 1.86. The van der Waals surface area contributed by atoms with Gasteiger partial charge in [-0.05, 0) is 20.0 Å². The topological polar surface area (TPSA) is 49.8 Å². The maximum absolute atomic E-state index is 4.19. The fraction of sp³-hybridized carbons (Fsp3) is 0.500. The largest absolute Gasteiger partial charge is 0.369 e. The number of anilines is 1. The van der Waals surface area contributed by atoms with Crippen molar-refractivity contribution in [3.63, 3.8) is 0 Å². The third-order valence-electron chi connectivity index (χ3n) is 1.46. The first-order chi connectivity index (χ1) is 5.83. The molecule has 0 bridgehead atoms. The summed E-state index contributed by atoms with van der Waals surface area (Å²) in [4.78, 5) is 8.20. The summed E-state index contributed by atoms with van der Waals surface area (Å²) in [5.41, 5.74) is 0. The van der Waals surface area contributed by atoms with Crippen LogP contribution in [0.25, 0.3) is 0 Å². The highest BCUT2D eigenvalue weighted by atomic mass is 15.0. The molecule has 0 saturated carbocycles. The van der Waals surface area contributed by atoms with Gasteiger partial charge in [-0.15, -0.1) is 0 Å². The van der Waals surface area contributed by atoms with E-state index in [1.165, 1.54) is 0 Å². The molecule has 0 spiro atoms. The van der Waals surface area contributed by atoms with Gasteiger partial charge in [-0.25, -0.2) is 9.97 Å². The van der Waals surface area contributed by atoms with Gasteiger partial charge in [0.2, 0.25) is 0 Å². The number of hydrogen-bond acceptors (Lipinski definition) is 4. The van der Waals surface area contributed by atoms with Crippen LogP contribution in [-0.2, 0) is 0 Å². The third kappa shape index (κ3) is 2.84. The summed E-state index contributed by atoms with van der Waals surface area (Å²) in [7, 11) is 1.92. The number of nitrogens with one attached hydrogen (secondary N) is 2. The summed E-state index contributed by atoms with van der Waals surface area (Å²) in [6.07, 6.45) is 1.75. The Hall–Kier alpha value is -1.16. The van der Waals surface area contributed by atoms with E-state index < -0.39 is 0 Å². The summed E-state index contributed by atoms with van der Waals surface area (Å²) in [6.45, 7) is 3.69. The second-order valence-electron chi connectivity index (χ2n) is 2.52. The molecule has 1 heterocycles. The molecule has 66 valence electrons. The van der Waals surface area contributed by atoms with E-state index in [0.29, 0.717) is 0 Å². The predicted molar refractivity (Wildman–Crippen MR) is 49.2 cm³/mol. The van der Waals surface area contributed by atoms with E-state index in [-0.39, 0.29) is 0 Å². The number of nitrogens with zero attached hydrogens (tertiary/aromatic N) is 2. The van der Waals surface area contributed by atoms with E-state index in [0.717, 1.165) is 24.7 Å². The molecule has 0 aliphatic rings. The lowest BCUT2D eigenvalue weighted by Gasteiger charge is -2.04. The number of likely N-dealkylation sites (N-methyl/N-ethyl adjacent to an activating group) is 1. The van der Waals surface area contributed by atoms with E-state index in [9.17, 15) is 0 Å². The third-order valence-corrected chi connectivity index (χ3v) is 1.46. The lowest BCUT2D eigenvalue weighted by Crippen LogP contribution is -2.18. The Balaban J connectivity index is 2.41. The smallest absolute Gasteiger partial charge is 0.129 e. The summed E-state index contributed by atoms with van der Waals surface area (Å²) in [5.74, 6) is 1.68. The molecule has 0 aliphatic heterocycles. The molecule has 1 aromatic heterocycles. The van der Waals surface area contributed by atoms with Gasteiger partial charge in [-0.3, -0.25) is 0 Å². The van der Waals surface area contributed by atoms with Gasteiger partial charge < -0.3 is 10.6 Å². The molecule has 0 unspecified atom stereocenters. The van der Waals surface area contributed by atoms with E-state index in [1.54, 1.807) is 6.20 Å². The van der Waals surface area contributed by atoms with Crippen molar-refractivity contribution in [2.75, 3.05) is 25.5 Å². The normalized spacial score (nSPS) is 9.83. The molecule has 0 fully saturated rings. The van der Waals surface area contributed by atoms with Crippen LogP contribution in [0, 0.1) is 6.92 Å². The van der Waals surface area contributed by atoms with E-state index in [2.05, 4.69) is 20.6 Å². The minimum atomic E-state index is 0.796. The zero-order chi connectivity index (χ0) is 8.81. The Labute approximate surface area is 72.4 Å². The summed E-state index contributed by atoms with van der Waals surface area (Å²) in [5, 5.41) is 6.22. The van der Waals surface area contributed by atoms with Crippen LogP contribution in [0.4, 0.5) is 5.82 Å². The summed E-state index contributed by atoms with van der Waals surface area (Å²) >= 11 is 0. The Bertz CT molecular complexity index is 236. The van der Waals surface area contributed by atoms with Crippen molar-refractivity contribution in [2.45, 2.75) is 6.92 Å². The van der Waals surface area contributed by atoms with Crippen molar-refractivity contribution >= 4 is 5.82 Å². The van der Waals surface area contributed by atoms with Crippen LogP contribution in [-0.4, -0.2) is 30.1 Å². The lowest BCUT2D eigenvalue weighted by molar-refractivity contribution is 0.820. The van der Waals surface area contributed by atoms with E-state index >= 15 is 0 Å². The van der Waals surface area contributed by atoms with Gasteiger partial charge in [0.1, 0.15) is 11.6 Å². The highest BCUT2D eigenvalue weighted by Crippen LogP contribution is 1.99. The minimum absolute atomic E-state index is 0.796. The van der Waals surface area contributed by atoms with Crippen molar-refractivity contribution in [1.82, 2.24) is 15.3 Å². The molecule has 0 aromatic carbocycles. The molecule has 4 nitrogen and oxygen atoms in total. The highest BCUT2D eigenvalue weighted by Gasteiger charge is 1.92. The van der Waals surface area contributed by atoms with Gasteiger partial charge >= 0.3 is 0 Å². The Morgan fingerprint density at radius 2 is 2.25 bits per heavy atom. The molecule has 4 heteroatoms. The lowest BCUT2D eigenvalue weighted by atomic mass is 10.5. The average Bonchev–Trinajstić information content (AvgIpc) is 2.05. The van der Waals surface area contributed by atoms with Crippen molar-refractivity contribution in [3.8, 4) is 0 Å². The fourth-order valence-electron chi connectivity index (χ4n) is 0.870. The average molecular weight is 166 g/mol. The molecular formula is C8H14N4. The minimum Gasteiger partial charge on any atom is -0.369 e. The van der Waals surface area contributed by atoms with Crippen LogP contribution in [0.2, 0.25) is 0 Å². The van der Waals surface area contributed by atoms with Gasteiger partial charge in [-0.1, -0.05) is 0 Å². The second kappa shape index (κ2) is 4.66. The first-order valence-corrected chi connectivity index (χ1v) is 4.01. The Morgan fingerprint density at radius 1 is 1.42 bits per heavy atom. The number of rotatable bonds is 4. The van der Waals surface area contributed by atoms with Crippen molar-refractivity contribution in [2.24, 2.45) is 0 Å². The van der Waals surface area contributed by atoms with Crippen molar-refractivity contribution in [3.05, 3.63) is 18.1 Å². The van der Waals surface area contributed by atoms with Crippen LogP contribution < -0.4 is 10.6 Å². The van der Waals surface area contributed by atoms with Crippen LogP contribution in [0.1, 0.15) is 5.82 Å². The first kappa shape index (κ1) is 8.93. The van der Waals surface area contributed by atoms with Crippen LogP contribution in [0.15, 0.2) is 12.3 Å². The molecule has 12 heavy (non-hydrogen) atoms. The van der Waals surface area contributed by atoms with Crippen molar-refractivity contribution < 1.29 is 0 Å². The first-order valence-electron chi connectivity index (χ1n) is 4.01. The Kier molecular flexibility index (Phi) is 3.47. The fourth-order valence-corrected chi connectivity index (χ4v) is 0.870. The van der Waals surface area contributed by atoms with Crippen LogP contribution in [0.5, 0.6) is 0 Å². The standard InChI is InChI=1S/C8H14N4/c1-7-10-4-3-8(12-7)11-6-5-9-2/h3-4,9H,5-6H2,1-2H3,(H,10,11,12). The number of hydrogen-bond donors (Lipinski definition) is 2. The molecule has 0 aliphatic carbocycles. The van der Waals surface area contributed by atoms with Gasteiger partial charge in [0, 0.05) is 19.3 Å². The van der Waals surface area contributed by atoms with Crippen LogP contribution in [0.3, 0.4) is 0 Å². The summed E-state index contributed by atoms with van der Waals surface area (Å²) < 4.78 is 0. The predicted octanol–water partition coefficient (Wildman–Crippen LogP) is 0.416. The molecule has 0 amide bonds. The number of aromatic nitrogens is 2. The molecule has 0 saturated heterocycles. The molecule has 1 aromatic rings. The van der Waals surface area contributed by atoms with E-state index in [4.69, 9.17) is 0 Å². The van der Waals surface area contributed by atoms with Gasteiger partial charge in [0.05, 0.1) is 0 Å². The zero-order valence-electron chi connectivity index (χ0n) is 7.46. The molecule has 0 radical (unpaired) electrons. The molecule has 1 rings (SSSR count). The number of aryl methyl sites for hydroxylation is 1. The SMILES string of the molecule is CNCCNc1ccnc(C)n1. The maximum atomic E-state index is 4.19. The molecule has 2 N–H and O–H groups in total. The van der Waals surface area contributed by atoms with Gasteiger partial charge in [-0.2, -0.15) is 0 Å². The molecular weight excluding hydrogens is 152 g/mol. The van der Waals surface area contributed by atoms with Crippen LogP contribution >= 0.6 is 0 Å². The zero-order valence-corrected chi connectivity index (χ0v) is 7.46. The quantitative estimate of drug-likeness (QED) is 0.636. The van der Waals surface area contributed by atoms with E-state index in [1.807, 2.05) is 20.0 Å². The maximum Gasteiger partial charge on any atom is 0.129 e. The van der Waals surface area contributed by atoms with Crippen molar-refractivity contribution in [1.29, 1.82) is 0 Å². The monoisotopic (exact) mass is 166 g/mol. The second-order valence-corrected chi connectivity index (χ2v) is 2.52. The Morgan fingerprint density at radius 3 is 2.92 bits per heavy atom. The van der Waals surface area contributed by atoms with Gasteiger partial charge in [0.25, 0.3) is 0 Å². The molecule has 0 atom stereocenters. The van der Waals surface area contributed by atoms with Gasteiger partial charge in [0.15, 0.2) is 0 Å². The highest BCUT2D eigenvalue weighted by molar-refractivity contribution is 5.32.